The average Bonchev–Trinajstić information content (AvgIpc) is 3.49. The zero-order valence-electron chi connectivity index (χ0n) is 19.6. The van der Waals surface area contributed by atoms with E-state index in [1.54, 1.807) is 12.1 Å². The molecule has 0 unspecified atom stereocenters. The lowest BCUT2D eigenvalue weighted by Crippen LogP contribution is -2.60. The van der Waals surface area contributed by atoms with E-state index in [2.05, 4.69) is 10.6 Å². The van der Waals surface area contributed by atoms with Gasteiger partial charge < -0.3 is 20.5 Å². The van der Waals surface area contributed by atoms with Crippen LogP contribution in [0.15, 0.2) is 42.5 Å². The molecule has 0 radical (unpaired) electrons. The van der Waals surface area contributed by atoms with Gasteiger partial charge in [-0.3, -0.25) is 0 Å². The van der Waals surface area contributed by atoms with Crippen LogP contribution in [0.2, 0.25) is 0 Å². The largest absolute Gasteiger partial charge is 0.446 e. The zero-order valence-corrected chi connectivity index (χ0v) is 19.6. The molecule has 3 fully saturated rings. The first-order chi connectivity index (χ1) is 17.2. The number of nitrogens with zero attached hydrogens (tertiary/aromatic N) is 1. The molecule has 36 heavy (non-hydrogen) atoms. The maximum Gasteiger partial charge on any atom is 0.418 e. The second-order valence-electron chi connectivity index (χ2n) is 9.96. The van der Waals surface area contributed by atoms with Crippen LogP contribution in [0.25, 0.3) is 0 Å². The molecule has 2 saturated heterocycles. The average molecular weight is 504 g/mol. The summed E-state index contributed by atoms with van der Waals surface area (Å²) in [6, 6.07) is 7.58. The Kier molecular flexibility index (Phi) is 6.42. The number of urea groups is 1. The summed E-state index contributed by atoms with van der Waals surface area (Å²) in [5, 5.41) is 17.6. The Morgan fingerprint density at radius 1 is 1.06 bits per heavy atom. The predicted octanol–water partition coefficient (Wildman–Crippen LogP) is 4.12. The minimum absolute atomic E-state index is 0.0255. The fourth-order valence-corrected chi connectivity index (χ4v) is 5.85. The van der Waals surface area contributed by atoms with Gasteiger partial charge in [-0.2, -0.15) is 0 Å². The fourth-order valence-electron chi connectivity index (χ4n) is 5.85. The van der Waals surface area contributed by atoms with Gasteiger partial charge in [0.15, 0.2) is 11.6 Å². The number of carbonyl (C=O) groups is 2. The summed E-state index contributed by atoms with van der Waals surface area (Å²) in [5.74, 6) is -2.43. The Morgan fingerprint density at radius 3 is 2.42 bits per heavy atom. The van der Waals surface area contributed by atoms with E-state index >= 15 is 0 Å². The number of aliphatic hydroxyl groups is 1. The van der Waals surface area contributed by atoms with Gasteiger partial charge in [-0.25, -0.2) is 27.7 Å². The molecule has 7 nitrogen and oxygen atoms in total. The summed E-state index contributed by atoms with van der Waals surface area (Å²) < 4.78 is 45.7. The number of ether oxygens (including phenoxy) is 1. The number of carbonyl (C=O) groups excluding carboxylic acids is 2. The standard InChI is InChI=1S/C26H28F3N3O4/c27-19-4-2-18(3-5-19)26(35)9-7-17(8-10-26)25(11-12-30-15-25)31-23(33)32-22(14-36-24(32)34)16-1-6-20(28)21(29)13-16/h1-6,13,17,22,30,35H,7-12,14-15H2,(H,31,33)/t17?,22-,25+,26?/m1/s1. The normalized spacial score (nSPS) is 30.3. The summed E-state index contributed by atoms with van der Waals surface area (Å²) in [7, 11) is 0. The topological polar surface area (TPSA) is 90.9 Å². The zero-order chi connectivity index (χ0) is 25.5. The van der Waals surface area contributed by atoms with Crippen LogP contribution in [0.1, 0.15) is 49.3 Å². The van der Waals surface area contributed by atoms with Crippen LogP contribution in [-0.4, -0.2) is 47.4 Å². The van der Waals surface area contributed by atoms with Crippen molar-refractivity contribution in [2.75, 3.05) is 19.7 Å². The lowest BCUT2D eigenvalue weighted by atomic mass is 9.68. The molecular formula is C26H28F3N3O4. The van der Waals surface area contributed by atoms with E-state index in [0.29, 0.717) is 50.8 Å². The van der Waals surface area contributed by atoms with Crippen LogP contribution in [0.3, 0.4) is 0 Å². The maximum atomic E-state index is 13.8. The fraction of sp³-hybridized carbons (Fsp3) is 0.462. The number of amides is 3. The van der Waals surface area contributed by atoms with Gasteiger partial charge in [-0.05, 0) is 80.0 Å². The third-order valence-electron chi connectivity index (χ3n) is 7.94. The van der Waals surface area contributed by atoms with E-state index in [1.807, 2.05) is 0 Å². The molecule has 3 amide bonds. The first kappa shape index (κ1) is 24.6. The molecule has 3 aliphatic rings. The van der Waals surface area contributed by atoms with E-state index in [1.165, 1.54) is 18.2 Å². The molecule has 0 bridgehead atoms. The molecule has 192 valence electrons. The molecule has 2 aromatic rings. The van der Waals surface area contributed by atoms with Crippen LogP contribution < -0.4 is 10.6 Å². The summed E-state index contributed by atoms with van der Waals surface area (Å²) >= 11 is 0. The third kappa shape index (κ3) is 4.43. The van der Waals surface area contributed by atoms with Gasteiger partial charge in [0.1, 0.15) is 18.5 Å². The van der Waals surface area contributed by atoms with Crippen molar-refractivity contribution >= 4 is 12.1 Å². The van der Waals surface area contributed by atoms with Gasteiger partial charge in [0, 0.05) is 6.54 Å². The molecule has 10 heteroatoms. The number of halogens is 3. The van der Waals surface area contributed by atoms with E-state index in [-0.39, 0.29) is 23.9 Å². The van der Waals surface area contributed by atoms with Crippen LogP contribution in [0.4, 0.5) is 22.8 Å². The predicted molar refractivity (Wildman–Crippen MR) is 123 cm³/mol. The van der Waals surface area contributed by atoms with Gasteiger partial charge in [-0.15, -0.1) is 0 Å². The number of hydrogen-bond donors (Lipinski definition) is 3. The molecule has 3 N–H and O–H groups in total. The SMILES string of the molecule is O=C(N[C@@]1(C2CCC(O)(c3ccc(F)cc3)CC2)CCNC1)N1C(=O)OC[C@@H]1c1ccc(F)c(F)c1. The Morgan fingerprint density at radius 2 is 1.78 bits per heavy atom. The van der Waals surface area contributed by atoms with E-state index in [4.69, 9.17) is 4.74 Å². The van der Waals surface area contributed by atoms with E-state index < -0.39 is 40.9 Å². The molecule has 0 aromatic heterocycles. The first-order valence-corrected chi connectivity index (χ1v) is 12.1. The van der Waals surface area contributed by atoms with Crippen molar-refractivity contribution in [1.82, 2.24) is 15.5 Å². The molecule has 2 aromatic carbocycles. The number of cyclic esters (lactones) is 1. The Balaban J connectivity index is 1.32. The summed E-state index contributed by atoms with van der Waals surface area (Å²) in [6.45, 7) is 1.02. The van der Waals surface area contributed by atoms with Crippen LogP contribution in [0, 0.1) is 23.4 Å². The van der Waals surface area contributed by atoms with Crippen LogP contribution >= 0.6 is 0 Å². The molecular weight excluding hydrogens is 475 g/mol. The van der Waals surface area contributed by atoms with Gasteiger partial charge in [-0.1, -0.05) is 18.2 Å². The van der Waals surface area contributed by atoms with E-state index in [0.717, 1.165) is 17.0 Å². The van der Waals surface area contributed by atoms with Gasteiger partial charge in [0.2, 0.25) is 0 Å². The minimum Gasteiger partial charge on any atom is -0.446 e. The maximum absolute atomic E-state index is 13.8. The summed E-state index contributed by atoms with van der Waals surface area (Å²) in [4.78, 5) is 26.8. The van der Waals surface area contributed by atoms with Crippen molar-refractivity contribution in [2.45, 2.75) is 49.3 Å². The van der Waals surface area contributed by atoms with E-state index in [9.17, 15) is 27.9 Å². The highest BCUT2D eigenvalue weighted by Crippen LogP contribution is 2.45. The van der Waals surface area contributed by atoms with Gasteiger partial charge >= 0.3 is 12.1 Å². The van der Waals surface area contributed by atoms with Crippen molar-refractivity contribution in [3.8, 4) is 0 Å². The number of hydrogen-bond acceptors (Lipinski definition) is 5. The van der Waals surface area contributed by atoms with Crippen LogP contribution in [-0.2, 0) is 10.3 Å². The van der Waals surface area contributed by atoms with Crippen molar-refractivity contribution < 1.29 is 32.6 Å². The Hall–Kier alpha value is -3.11. The monoisotopic (exact) mass is 503 g/mol. The molecule has 1 saturated carbocycles. The smallest absolute Gasteiger partial charge is 0.418 e. The number of imide groups is 1. The highest BCUT2D eigenvalue weighted by atomic mass is 19.2. The molecule has 1 aliphatic carbocycles. The third-order valence-corrected chi connectivity index (χ3v) is 7.94. The number of rotatable bonds is 4. The van der Waals surface area contributed by atoms with Crippen molar-refractivity contribution in [3.63, 3.8) is 0 Å². The summed E-state index contributed by atoms with van der Waals surface area (Å²) in [5.41, 5.74) is -0.796. The highest BCUT2D eigenvalue weighted by molar-refractivity contribution is 5.93. The molecule has 2 aliphatic heterocycles. The van der Waals surface area contributed by atoms with Gasteiger partial charge in [0.05, 0.1) is 11.1 Å². The Labute approximate surface area is 206 Å². The first-order valence-electron chi connectivity index (χ1n) is 12.1. The number of benzene rings is 2. The second kappa shape index (κ2) is 9.40. The van der Waals surface area contributed by atoms with Crippen molar-refractivity contribution in [3.05, 3.63) is 71.0 Å². The lowest BCUT2D eigenvalue weighted by Gasteiger charge is -2.45. The van der Waals surface area contributed by atoms with Gasteiger partial charge in [0.25, 0.3) is 0 Å². The van der Waals surface area contributed by atoms with Crippen molar-refractivity contribution in [1.29, 1.82) is 0 Å². The Bertz CT molecular complexity index is 1150. The minimum atomic E-state index is -1.07. The van der Waals surface area contributed by atoms with Crippen LogP contribution in [0.5, 0.6) is 0 Å². The molecule has 2 heterocycles. The highest BCUT2D eigenvalue weighted by Gasteiger charge is 2.49. The number of nitrogens with one attached hydrogen (secondary N) is 2. The molecule has 5 rings (SSSR count). The molecule has 0 spiro atoms. The second-order valence-corrected chi connectivity index (χ2v) is 9.96. The van der Waals surface area contributed by atoms with Crippen molar-refractivity contribution in [2.24, 2.45) is 5.92 Å². The molecule has 2 atom stereocenters. The lowest BCUT2D eigenvalue weighted by molar-refractivity contribution is -0.0264. The quantitative estimate of drug-likeness (QED) is 0.584. The summed E-state index contributed by atoms with van der Waals surface area (Å²) in [6.07, 6.45) is 1.92.